The van der Waals surface area contributed by atoms with Crippen LogP contribution in [0.3, 0.4) is 0 Å². The van der Waals surface area contributed by atoms with Gasteiger partial charge in [0.2, 0.25) is 0 Å². The molecule has 1 amide bonds. The minimum Gasteiger partial charge on any atom is -0.345 e. The summed E-state index contributed by atoms with van der Waals surface area (Å²) in [5.41, 5.74) is 2.25. The van der Waals surface area contributed by atoms with Crippen molar-refractivity contribution in [2.24, 2.45) is 5.18 Å². The number of nitrogens with one attached hydrogen (secondary N) is 1. The number of hydrogen-bond donors (Lipinski definition) is 1. The summed E-state index contributed by atoms with van der Waals surface area (Å²) in [6.07, 6.45) is 7.26. The Bertz CT molecular complexity index is 1390. The van der Waals surface area contributed by atoms with Crippen LogP contribution in [0.1, 0.15) is 32.4 Å². The minimum absolute atomic E-state index is 0.109. The van der Waals surface area contributed by atoms with E-state index in [0.717, 1.165) is 16.0 Å². The van der Waals surface area contributed by atoms with E-state index in [2.05, 4.69) is 21.1 Å². The first-order chi connectivity index (χ1) is 15.9. The first kappa shape index (κ1) is 21.8. The molecule has 170 valence electrons. The van der Waals surface area contributed by atoms with Crippen molar-refractivity contribution in [1.82, 2.24) is 19.2 Å². The second-order valence-corrected chi connectivity index (χ2v) is 11.2. The molecular weight excluding hydrogens is 462 g/mol. The molecule has 1 N–H and O–H groups in total. The van der Waals surface area contributed by atoms with E-state index < -0.39 is 10.0 Å². The van der Waals surface area contributed by atoms with Gasteiger partial charge in [-0.2, -0.15) is 9.21 Å². The lowest BCUT2D eigenvalue weighted by Gasteiger charge is -2.33. The van der Waals surface area contributed by atoms with Crippen molar-refractivity contribution in [2.45, 2.75) is 30.3 Å². The Morgan fingerprint density at radius 3 is 2.76 bits per heavy atom. The number of thiazole rings is 1. The summed E-state index contributed by atoms with van der Waals surface area (Å²) >= 11 is 1.31. The van der Waals surface area contributed by atoms with Crippen LogP contribution < -0.4 is 0 Å². The maximum atomic E-state index is 13.2. The molecule has 2 aromatic heterocycles. The van der Waals surface area contributed by atoms with Crippen molar-refractivity contribution in [3.8, 4) is 12.3 Å². The molecule has 1 fully saturated rings. The smallest absolute Gasteiger partial charge is 0.282 e. The van der Waals surface area contributed by atoms with Crippen molar-refractivity contribution < 1.29 is 13.2 Å². The maximum absolute atomic E-state index is 13.2. The summed E-state index contributed by atoms with van der Waals surface area (Å²) in [7, 11) is -3.73. The van der Waals surface area contributed by atoms with Crippen LogP contribution in [0.15, 0.2) is 34.5 Å². The van der Waals surface area contributed by atoms with E-state index in [1.165, 1.54) is 15.6 Å². The van der Waals surface area contributed by atoms with E-state index in [4.69, 9.17) is 6.42 Å². The van der Waals surface area contributed by atoms with Gasteiger partial charge in [-0.1, -0.05) is 11.1 Å². The highest BCUT2D eigenvalue weighted by Crippen LogP contribution is 2.29. The number of aromatic nitrogens is 2. The van der Waals surface area contributed by atoms with Crippen LogP contribution in [0.5, 0.6) is 0 Å². The maximum Gasteiger partial charge on any atom is 0.282 e. The number of nitrogens with zero attached hydrogens (tertiary/aromatic N) is 4. The Hall–Kier alpha value is -3.07. The lowest BCUT2D eigenvalue weighted by molar-refractivity contribution is 0.0697. The normalized spacial score (nSPS) is 19.2. The first-order valence-corrected chi connectivity index (χ1v) is 12.8. The molecule has 0 bridgehead atoms. The van der Waals surface area contributed by atoms with Crippen molar-refractivity contribution in [1.29, 1.82) is 0 Å². The number of amides is 1. The molecule has 0 radical (unpaired) electrons. The molecule has 0 saturated carbocycles. The molecule has 1 aromatic carbocycles. The zero-order valence-corrected chi connectivity index (χ0v) is 19.3. The van der Waals surface area contributed by atoms with Gasteiger partial charge in [0, 0.05) is 53.9 Å². The van der Waals surface area contributed by atoms with Crippen molar-refractivity contribution in [2.75, 3.05) is 26.2 Å². The van der Waals surface area contributed by atoms with E-state index in [1.54, 1.807) is 29.2 Å². The number of H-pyrrole nitrogens is 1. The van der Waals surface area contributed by atoms with Crippen LogP contribution in [0.25, 0.3) is 10.9 Å². The van der Waals surface area contributed by atoms with E-state index in [0.29, 0.717) is 35.4 Å². The number of sulfonamides is 1. The summed E-state index contributed by atoms with van der Waals surface area (Å²) in [5, 5.41) is 4.36. The first-order valence-electron chi connectivity index (χ1n) is 10.6. The second-order valence-electron chi connectivity index (χ2n) is 8.17. The number of nitroso groups, excluding NO2 is 1. The quantitative estimate of drug-likeness (QED) is 0.452. The molecule has 1 unspecified atom stereocenters. The molecule has 1 atom stereocenters. The topological polar surface area (TPSA) is 116 Å². The lowest BCUT2D eigenvalue weighted by Crippen LogP contribution is -2.50. The average Bonchev–Trinajstić information content (AvgIpc) is 3.47. The monoisotopic (exact) mass is 483 g/mol. The number of piperazine rings is 1. The molecule has 2 aliphatic rings. The molecule has 33 heavy (non-hydrogen) atoms. The van der Waals surface area contributed by atoms with Crippen molar-refractivity contribution in [3.05, 3.63) is 50.3 Å². The van der Waals surface area contributed by atoms with Gasteiger partial charge in [-0.25, -0.2) is 13.4 Å². The minimum atomic E-state index is -3.73. The predicted molar refractivity (Wildman–Crippen MR) is 125 cm³/mol. The highest BCUT2D eigenvalue weighted by Gasteiger charge is 2.33. The lowest BCUT2D eigenvalue weighted by atomic mass is 9.99. The molecule has 5 rings (SSSR count). The molecule has 11 heteroatoms. The fourth-order valence-electron chi connectivity index (χ4n) is 4.28. The number of hydrogen-bond acceptors (Lipinski definition) is 7. The Balaban J connectivity index is 1.28. The van der Waals surface area contributed by atoms with E-state index in [9.17, 15) is 18.1 Å². The number of fused-ring (bicyclic) bond motifs is 2. The summed E-state index contributed by atoms with van der Waals surface area (Å²) in [4.78, 5) is 33.8. The zero-order chi connectivity index (χ0) is 23.2. The SMILES string of the molecule is C#Cc1ccc2[nH]c(S(=O)(=O)N3CCN(C(=O)c4nc5c(s4)CC(N=O)CC5)CC3)cc2c1. The highest BCUT2D eigenvalue weighted by atomic mass is 32.2. The van der Waals surface area contributed by atoms with Gasteiger partial charge in [0.1, 0.15) is 5.03 Å². The fraction of sp³-hybridized carbons (Fsp3) is 0.364. The van der Waals surface area contributed by atoms with Crippen molar-refractivity contribution >= 4 is 38.2 Å². The summed E-state index contributed by atoms with van der Waals surface area (Å²) in [5.74, 6) is 2.35. The number of rotatable bonds is 4. The number of aryl methyl sites for hydroxylation is 1. The van der Waals surface area contributed by atoms with Gasteiger partial charge < -0.3 is 9.88 Å². The number of terminal acetylenes is 1. The molecule has 3 heterocycles. The van der Waals surface area contributed by atoms with Crippen LogP contribution in [0.2, 0.25) is 0 Å². The highest BCUT2D eigenvalue weighted by molar-refractivity contribution is 7.89. The third-order valence-electron chi connectivity index (χ3n) is 6.15. The van der Waals surface area contributed by atoms with Gasteiger partial charge in [-0.15, -0.1) is 17.8 Å². The van der Waals surface area contributed by atoms with Gasteiger partial charge in [-0.3, -0.25) is 4.79 Å². The molecule has 1 saturated heterocycles. The van der Waals surface area contributed by atoms with Gasteiger partial charge in [0.15, 0.2) is 5.01 Å². The predicted octanol–water partition coefficient (Wildman–Crippen LogP) is 2.38. The summed E-state index contributed by atoms with van der Waals surface area (Å²) < 4.78 is 27.7. The van der Waals surface area contributed by atoms with E-state index >= 15 is 0 Å². The van der Waals surface area contributed by atoms with Gasteiger partial charge in [0.25, 0.3) is 15.9 Å². The number of carbonyl (C=O) groups is 1. The molecule has 3 aromatic rings. The standard InChI is InChI=1S/C22H21N5O4S2/c1-2-14-3-5-17-15(11-14)12-20(23-17)33(30,31)27-9-7-26(8-10-27)22(28)21-24-18-6-4-16(25-29)13-19(18)32-21/h1,3,5,11-12,16,23H,4,6-10,13H2. The van der Waals surface area contributed by atoms with E-state index in [-0.39, 0.29) is 43.2 Å². The van der Waals surface area contributed by atoms with Crippen molar-refractivity contribution in [3.63, 3.8) is 0 Å². The van der Waals surface area contributed by atoms with Crippen LogP contribution in [0, 0.1) is 17.3 Å². The zero-order valence-electron chi connectivity index (χ0n) is 17.7. The Morgan fingerprint density at radius 2 is 2.03 bits per heavy atom. The molecule has 9 nitrogen and oxygen atoms in total. The fourth-order valence-corrected chi connectivity index (χ4v) is 6.86. The van der Waals surface area contributed by atoms with Crippen LogP contribution >= 0.6 is 11.3 Å². The molecular formula is C22H21N5O4S2. The largest absolute Gasteiger partial charge is 0.345 e. The van der Waals surface area contributed by atoms with Crippen LogP contribution in [0.4, 0.5) is 0 Å². The van der Waals surface area contributed by atoms with Crippen LogP contribution in [-0.4, -0.2) is 65.7 Å². The van der Waals surface area contributed by atoms with Gasteiger partial charge >= 0.3 is 0 Å². The summed E-state index contributed by atoms with van der Waals surface area (Å²) in [6, 6.07) is 6.62. The van der Waals surface area contributed by atoms with Gasteiger partial charge in [0.05, 0.1) is 11.7 Å². The number of benzene rings is 1. The Kier molecular flexibility index (Phi) is 5.52. The summed E-state index contributed by atoms with van der Waals surface area (Å²) in [6.45, 7) is 0.952. The Morgan fingerprint density at radius 1 is 1.24 bits per heavy atom. The third kappa shape index (κ3) is 3.94. The third-order valence-corrected chi connectivity index (χ3v) is 9.08. The molecule has 1 aliphatic heterocycles. The van der Waals surface area contributed by atoms with Crippen LogP contribution in [-0.2, 0) is 22.9 Å². The second kappa shape index (κ2) is 8.37. The average molecular weight is 484 g/mol. The van der Waals surface area contributed by atoms with Gasteiger partial charge in [-0.05, 0) is 37.1 Å². The molecule has 1 aliphatic carbocycles. The number of aromatic amines is 1. The Labute approximate surface area is 194 Å². The number of carbonyl (C=O) groups excluding carboxylic acids is 1. The molecule has 0 spiro atoms. The van der Waals surface area contributed by atoms with E-state index in [1.807, 2.05) is 0 Å².